The summed E-state index contributed by atoms with van der Waals surface area (Å²) < 4.78 is 10.7. The van der Waals surface area contributed by atoms with Gasteiger partial charge in [0.1, 0.15) is 32.3 Å². The molecule has 40 heavy (non-hydrogen) atoms. The molecule has 7 nitrogen and oxygen atoms in total. The lowest BCUT2D eigenvalue weighted by Gasteiger charge is -2.10. The molecule has 3 N–H and O–H groups in total. The summed E-state index contributed by atoms with van der Waals surface area (Å²) in [5.74, 6) is 1.17. The number of methoxy groups -OCH3 is 2. The van der Waals surface area contributed by atoms with Crippen LogP contribution in [-0.2, 0) is 12.8 Å². The number of aromatic nitrogens is 1. The van der Waals surface area contributed by atoms with E-state index < -0.39 is 0 Å². The number of hydrogen-bond acceptors (Lipinski definition) is 8. The SMILES string of the molecule is COc1ccc(-c2cc(-c3ccc(OC)cc3)c3c(N)c(C(=O)Nc4sc5c(c4C#N)CCCC5)sc3n2)cc1. The van der Waals surface area contributed by atoms with Gasteiger partial charge in [0.05, 0.1) is 31.2 Å². The molecule has 3 aromatic heterocycles. The molecule has 0 saturated heterocycles. The van der Waals surface area contributed by atoms with Crippen molar-refractivity contribution >= 4 is 49.5 Å². The number of rotatable bonds is 6. The summed E-state index contributed by atoms with van der Waals surface area (Å²) >= 11 is 2.76. The first-order valence-electron chi connectivity index (χ1n) is 12.9. The number of carbonyl (C=O) groups is 1. The zero-order chi connectivity index (χ0) is 27.8. The summed E-state index contributed by atoms with van der Waals surface area (Å²) in [4.78, 5) is 20.7. The third kappa shape index (κ3) is 4.55. The maximum absolute atomic E-state index is 13.6. The van der Waals surface area contributed by atoms with Crippen LogP contribution in [0.25, 0.3) is 32.6 Å². The molecule has 0 unspecified atom stereocenters. The molecule has 2 aromatic carbocycles. The second-order valence-corrected chi connectivity index (χ2v) is 11.6. The molecule has 5 aromatic rings. The fraction of sp³-hybridized carbons (Fsp3) is 0.194. The van der Waals surface area contributed by atoms with E-state index in [0.29, 0.717) is 26.0 Å². The van der Waals surface area contributed by atoms with Gasteiger partial charge in [0.15, 0.2) is 0 Å². The highest BCUT2D eigenvalue weighted by molar-refractivity contribution is 7.21. The van der Waals surface area contributed by atoms with Crippen LogP contribution in [0.5, 0.6) is 11.5 Å². The molecule has 9 heteroatoms. The van der Waals surface area contributed by atoms with E-state index in [1.54, 1.807) is 14.2 Å². The molecular formula is C31H26N4O3S2. The van der Waals surface area contributed by atoms with Gasteiger partial charge in [0.25, 0.3) is 5.91 Å². The molecule has 0 aliphatic heterocycles. The third-order valence-corrected chi connectivity index (χ3v) is 9.51. The third-order valence-electron chi connectivity index (χ3n) is 7.20. The normalized spacial score (nSPS) is 12.5. The second kappa shape index (κ2) is 10.6. The highest BCUT2D eigenvalue weighted by Gasteiger charge is 2.25. The summed E-state index contributed by atoms with van der Waals surface area (Å²) in [5.41, 5.74) is 12.2. The van der Waals surface area contributed by atoms with Gasteiger partial charge in [-0.3, -0.25) is 4.79 Å². The van der Waals surface area contributed by atoms with Gasteiger partial charge in [-0.2, -0.15) is 5.26 Å². The molecule has 0 saturated carbocycles. The topological polar surface area (TPSA) is 110 Å². The van der Waals surface area contributed by atoms with Crippen molar-refractivity contribution in [2.45, 2.75) is 25.7 Å². The summed E-state index contributed by atoms with van der Waals surface area (Å²) in [6.07, 6.45) is 3.98. The van der Waals surface area contributed by atoms with Gasteiger partial charge in [0, 0.05) is 15.8 Å². The van der Waals surface area contributed by atoms with Crippen LogP contribution in [0.4, 0.5) is 10.7 Å². The largest absolute Gasteiger partial charge is 0.497 e. The van der Waals surface area contributed by atoms with Gasteiger partial charge in [-0.05, 0) is 84.8 Å². The zero-order valence-electron chi connectivity index (χ0n) is 22.0. The molecule has 200 valence electrons. The van der Waals surface area contributed by atoms with Gasteiger partial charge in [-0.25, -0.2) is 4.98 Å². The Morgan fingerprint density at radius 1 is 0.975 bits per heavy atom. The molecule has 0 bridgehead atoms. The number of amides is 1. The molecule has 0 atom stereocenters. The number of nitrogens with two attached hydrogens (primary N) is 1. The van der Waals surface area contributed by atoms with Crippen molar-refractivity contribution in [2.75, 3.05) is 25.3 Å². The summed E-state index contributed by atoms with van der Waals surface area (Å²) in [6, 6.07) is 19.7. The Hall–Kier alpha value is -4.39. The van der Waals surface area contributed by atoms with Crippen molar-refractivity contribution in [3.63, 3.8) is 0 Å². The minimum atomic E-state index is -0.331. The van der Waals surface area contributed by atoms with Crippen LogP contribution in [0.3, 0.4) is 0 Å². The van der Waals surface area contributed by atoms with Crippen LogP contribution >= 0.6 is 22.7 Å². The Kier molecular flexibility index (Phi) is 6.88. The zero-order valence-corrected chi connectivity index (χ0v) is 23.7. The van der Waals surface area contributed by atoms with E-state index in [1.807, 2.05) is 54.6 Å². The molecule has 0 radical (unpaired) electrons. The smallest absolute Gasteiger partial charge is 0.268 e. The number of nitrogens with one attached hydrogen (secondary N) is 1. The number of thiophene rings is 2. The molecule has 6 rings (SSSR count). The van der Waals surface area contributed by atoms with E-state index in [1.165, 1.54) is 27.6 Å². The van der Waals surface area contributed by atoms with Crippen molar-refractivity contribution < 1.29 is 14.3 Å². The molecule has 1 aliphatic rings. The standard InChI is InChI=1S/C31H26N4O3S2/c1-37-19-11-7-17(8-12-19)22-15-24(18-9-13-20(38-2)14-10-18)34-31-26(22)27(33)28(40-31)29(36)35-30-23(16-32)21-5-3-4-6-25(21)39-30/h7-15H,3-6,33H2,1-2H3,(H,35,36). The van der Waals surface area contributed by atoms with Gasteiger partial charge in [-0.1, -0.05) is 12.1 Å². The second-order valence-electron chi connectivity index (χ2n) is 9.52. The fourth-order valence-corrected chi connectivity index (χ4v) is 7.38. The fourth-order valence-electron chi connectivity index (χ4n) is 5.13. The van der Waals surface area contributed by atoms with E-state index in [4.69, 9.17) is 20.2 Å². The molecule has 0 spiro atoms. The number of pyridine rings is 1. The number of aryl methyl sites for hydroxylation is 1. The van der Waals surface area contributed by atoms with Crippen molar-refractivity contribution in [3.8, 4) is 40.0 Å². The Morgan fingerprint density at radius 2 is 1.62 bits per heavy atom. The number of nitrogen functional groups attached to an aromatic ring is 1. The highest BCUT2D eigenvalue weighted by atomic mass is 32.1. The van der Waals surface area contributed by atoms with Crippen LogP contribution < -0.4 is 20.5 Å². The minimum Gasteiger partial charge on any atom is -0.497 e. The Morgan fingerprint density at radius 3 is 2.27 bits per heavy atom. The lowest BCUT2D eigenvalue weighted by molar-refractivity contribution is 0.103. The van der Waals surface area contributed by atoms with Gasteiger partial charge in [0.2, 0.25) is 0 Å². The number of fused-ring (bicyclic) bond motifs is 2. The average Bonchev–Trinajstić information content (AvgIpc) is 3.53. The first-order valence-corrected chi connectivity index (χ1v) is 14.5. The molecule has 1 aliphatic carbocycles. The maximum atomic E-state index is 13.6. The van der Waals surface area contributed by atoms with E-state index >= 15 is 0 Å². The first-order chi connectivity index (χ1) is 19.5. The number of ether oxygens (including phenoxy) is 2. The van der Waals surface area contributed by atoms with Crippen molar-refractivity contribution in [1.29, 1.82) is 5.26 Å². The van der Waals surface area contributed by atoms with Gasteiger partial charge >= 0.3 is 0 Å². The molecule has 1 amide bonds. The average molecular weight is 567 g/mol. The number of nitrogens with zero attached hydrogens (tertiary/aromatic N) is 2. The lowest BCUT2D eigenvalue weighted by Crippen LogP contribution is -2.12. The number of hydrogen-bond donors (Lipinski definition) is 2. The quantitative estimate of drug-likeness (QED) is 0.223. The first kappa shape index (κ1) is 25.9. The Labute approximate surface area is 239 Å². The predicted molar refractivity (Wildman–Crippen MR) is 162 cm³/mol. The molecule has 0 fully saturated rings. The van der Waals surface area contributed by atoms with Crippen molar-refractivity contribution in [3.05, 3.63) is 75.5 Å². The van der Waals surface area contributed by atoms with Crippen LogP contribution in [0.15, 0.2) is 54.6 Å². The summed E-state index contributed by atoms with van der Waals surface area (Å²) in [6.45, 7) is 0. The number of carbonyl (C=O) groups excluding carboxylic acids is 1. The monoisotopic (exact) mass is 566 g/mol. The number of anilines is 2. The minimum absolute atomic E-state index is 0.331. The van der Waals surface area contributed by atoms with Crippen molar-refractivity contribution in [2.24, 2.45) is 0 Å². The Bertz CT molecular complexity index is 1780. The van der Waals surface area contributed by atoms with Crippen LogP contribution in [0, 0.1) is 11.3 Å². The lowest BCUT2D eigenvalue weighted by atomic mass is 9.96. The van der Waals surface area contributed by atoms with Crippen LogP contribution in [-0.4, -0.2) is 25.1 Å². The summed E-state index contributed by atoms with van der Waals surface area (Å²) in [5, 5.41) is 14.2. The van der Waals surface area contributed by atoms with Crippen LogP contribution in [0.1, 0.15) is 38.5 Å². The predicted octanol–water partition coefficient (Wildman–Crippen LogP) is 7.29. The Balaban J connectivity index is 1.46. The molecule has 3 heterocycles. The number of benzene rings is 2. The van der Waals surface area contributed by atoms with Crippen molar-refractivity contribution in [1.82, 2.24) is 4.98 Å². The molecular weight excluding hydrogens is 541 g/mol. The van der Waals surface area contributed by atoms with E-state index in [9.17, 15) is 10.1 Å². The van der Waals surface area contributed by atoms with E-state index in [2.05, 4.69) is 11.4 Å². The van der Waals surface area contributed by atoms with Gasteiger partial charge in [-0.15, -0.1) is 22.7 Å². The summed E-state index contributed by atoms with van der Waals surface area (Å²) in [7, 11) is 3.26. The highest BCUT2D eigenvalue weighted by Crippen LogP contribution is 2.43. The van der Waals surface area contributed by atoms with E-state index in [0.717, 1.165) is 70.5 Å². The number of nitriles is 1. The van der Waals surface area contributed by atoms with Crippen LogP contribution in [0.2, 0.25) is 0 Å². The van der Waals surface area contributed by atoms with E-state index in [-0.39, 0.29) is 5.91 Å². The maximum Gasteiger partial charge on any atom is 0.268 e. The van der Waals surface area contributed by atoms with Gasteiger partial charge < -0.3 is 20.5 Å².